The molecule has 1 aliphatic rings. The zero-order valence-electron chi connectivity index (χ0n) is 9.79. The Hall–Kier alpha value is -0.930. The van der Waals surface area contributed by atoms with Crippen molar-refractivity contribution in [2.24, 2.45) is 0 Å². The maximum Gasteiger partial charge on any atom is 0.248 e. The van der Waals surface area contributed by atoms with Gasteiger partial charge in [-0.25, -0.2) is 13.8 Å². The highest BCUT2D eigenvalue weighted by Crippen LogP contribution is 2.38. The van der Waals surface area contributed by atoms with E-state index in [0.29, 0.717) is 18.8 Å². The summed E-state index contributed by atoms with van der Waals surface area (Å²) >= 11 is 0. The second-order valence-electron chi connectivity index (χ2n) is 4.99. The summed E-state index contributed by atoms with van der Waals surface area (Å²) in [5, 5.41) is 0. The Kier molecular flexibility index (Phi) is 3.00. The van der Waals surface area contributed by atoms with Crippen LogP contribution in [0.2, 0.25) is 0 Å². The van der Waals surface area contributed by atoms with Crippen molar-refractivity contribution in [2.75, 3.05) is 0 Å². The molecule has 0 N–H and O–H groups in total. The summed E-state index contributed by atoms with van der Waals surface area (Å²) in [6.07, 6.45) is 4.91. The third-order valence-corrected chi connectivity index (χ3v) is 3.32. The van der Waals surface area contributed by atoms with E-state index >= 15 is 0 Å². The van der Waals surface area contributed by atoms with Crippen molar-refractivity contribution >= 4 is 0 Å². The Labute approximate surface area is 94.7 Å². The summed E-state index contributed by atoms with van der Waals surface area (Å²) in [7, 11) is 0. The van der Waals surface area contributed by atoms with Gasteiger partial charge in [-0.05, 0) is 18.8 Å². The molecule has 0 unspecified atom stereocenters. The summed E-state index contributed by atoms with van der Waals surface area (Å²) in [4.78, 5) is 4.30. The highest BCUT2D eigenvalue weighted by molar-refractivity contribution is 5.03. The number of imidazole rings is 1. The van der Waals surface area contributed by atoms with Gasteiger partial charge in [0.05, 0.1) is 12.0 Å². The normalized spacial score (nSPS) is 21.6. The number of hydrogen-bond acceptors (Lipinski definition) is 1. The van der Waals surface area contributed by atoms with Gasteiger partial charge in [0.2, 0.25) is 5.92 Å². The lowest BCUT2D eigenvalue weighted by atomic mass is 9.92. The van der Waals surface area contributed by atoms with Crippen LogP contribution in [-0.2, 0) is 0 Å². The second kappa shape index (κ2) is 4.15. The molecule has 0 amide bonds. The number of alkyl halides is 2. The molecule has 0 aromatic carbocycles. The van der Waals surface area contributed by atoms with E-state index in [-0.39, 0.29) is 18.9 Å². The first-order chi connectivity index (χ1) is 7.48. The molecule has 1 saturated carbocycles. The Balaban J connectivity index is 2.03. The summed E-state index contributed by atoms with van der Waals surface area (Å²) in [5.41, 5.74) is 1.04. The van der Waals surface area contributed by atoms with Crippen LogP contribution in [0.3, 0.4) is 0 Å². The predicted molar refractivity (Wildman–Crippen MR) is 58.8 cm³/mol. The number of aromatic nitrogens is 2. The zero-order valence-corrected chi connectivity index (χ0v) is 9.79. The number of halogens is 2. The van der Waals surface area contributed by atoms with Gasteiger partial charge in [0.15, 0.2) is 0 Å². The first-order valence-electron chi connectivity index (χ1n) is 5.89. The molecule has 90 valence electrons. The van der Waals surface area contributed by atoms with Crippen LogP contribution in [0.1, 0.15) is 57.2 Å². The van der Waals surface area contributed by atoms with Gasteiger partial charge in [0, 0.05) is 25.1 Å². The molecule has 1 heterocycles. The van der Waals surface area contributed by atoms with Gasteiger partial charge in [-0.3, -0.25) is 0 Å². The number of nitrogens with zero attached hydrogens (tertiary/aromatic N) is 2. The van der Waals surface area contributed by atoms with Crippen LogP contribution >= 0.6 is 0 Å². The van der Waals surface area contributed by atoms with E-state index in [2.05, 4.69) is 18.8 Å². The van der Waals surface area contributed by atoms with E-state index in [9.17, 15) is 8.78 Å². The molecule has 1 aromatic rings. The lowest BCUT2D eigenvalue weighted by Gasteiger charge is -2.28. The van der Waals surface area contributed by atoms with Gasteiger partial charge in [-0.15, -0.1) is 0 Å². The third-order valence-electron chi connectivity index (χ3n) is 3.32. The van der Waals surface area contributed by atoms with Crippen LogP contribution in [0.4, 0.5) is 8.78 Å². The van der Waals surface area contributed by atoms with Crippen molar-refractivity contribution in [3.05, 3.63) is 18.2 Å². The molecular formula is C12H18F2N2. The minimum atomic E-state index is -2.45. The van der Waals surface area contributed by atoms with Gasteiger partial charge in [-0.2, -0.15) is 0 Å². The predicted octanol–water partition coefficient (Wildman–Crippen LogP) is 3.76. The van der Waals surface area contributed by atoms with E-state index in [1.54, 1.807) is 6.33 Å². The molecule has 4 heteroatoms. The summed E-state index contributed by atoms with van der Waals surface area (Å²) in [5.74, 6) is -2.05. The van der Waals surface area contributed by atoms with E-state index in [1.807, 2.05) is 10.8 Å². The molecule has 1 fully saturated rings. The van der Waals surface area contributed by atoms with Crippen LogP contribution in [0.5, 0.6) is 0 Å². The lowest BCUT2D eigenvalue weighted by molar-refractivity contribution is -0.0439. The highest BCUT2D eigenvalue weighted by Gasteiger charge is 2.35. The maximum atomic E-state index is 13.0. The van der Waals surface area contributed by atoms with Crippen molar-refractivity contribution in [3.8, 4) is 0 Å². The lowest BCUT2D eigenvalue weighted by Crippen LogP contribution is -2.25. The maximum absolute atomic E-state index is 13.0. The molecule has 16 heavy (non-hydrogen) atoms. The summed E-state index contributed by atoms with van der Waals surface area (Å²) in [6, 6.07) is 0.208. The minimum absolute atomic E-state index is 0.00680. The van der Waals surface area contributed by atoms with E-state index in [4.69, 9.17) is 0 Å². The average Bonchev–Trinajstić information content (AvgIpc) is 2.66. The molecule has 0 aliphatic heterocycles. The van der Waals surface area contributed by atoms with Gasteiger partial charge < -0.3 is 4.57 Å². The smallest absolute Gasteiger partial charge is 0.248 e. The SMILES string of the molecule is CC(C)c1cn(C2CCC(F)(F)CC2)cn1. The second-order valence-corrected chi connectivity index (χ2v) is 4.99. The molecule has 0 spiro atoms. The molecular weight excluding hydrogens is 210 g/mol. The van der Waals surface area contributed by atoms with Gasteiger partial charge in [0.1, 0.15) is 0 Å². The van der Waals surface area contributed by atoms with Crippen LogP contribution in [-0.4, -0.2) is 15.5 Å². The Morgan fingerprint density at radius 2 is 2.00 bits per heavy atom. The summed E-state index contributed by atoms with van der Waals surface area (Å²) in [6.45, 7) is 4.17. The fraction of sp³-hybridized carbons (Fsp3) is 0.750. The molecule has 0 atom stereocenters. The van der Waals surface area contributed by atoms with Gasteiger partial charge in [0.25, 0.3) is 0 Å². The Bertz CT molecular complexity index is 348. The molecule has 0 saturated heterocycles. The number of hydrogen-bond donors (Lipinski definition) is 0. The van der Waals surface area contributed by atoms with Crippen molar-refractivity contribution in [2.45, 2.75) is 57.4 Å². The van der Waals surface area contributed by atoms with E-state index in [1.165, 1.54) is 0 Å². The minimum Gasteiger partial charge on any atom is -0.334 e. The average molecular weight is 228 g/mol. The topological polar surface area (TPSA) is 17.8 Å². The van der Waals surface area contributed by atoms with E-state index in [0.717, 1.165) is 5.69 Å². The van der Waals surface area contributed by atoms with Gasteiger partial charge >= 0.3 is 0 Å². The van der Waals surface area contributed by atoms with E-state index < -0.39 is 5.92 Å². The molecule has 0 radical (unpaired) electrons. The van der Waals surface area contributed by atoms with Crippen LogP contribution < -0.4 is 0 Å². The van der Waals surface area contributed by atoms with Crippen LogP contribution in [0.25, 0.3) is 0 Å². The van der Waals surface area contributed by atoms with Crippen LogP contribution in [0.15, 0.2) is 12.5 Å². The fourth-order valence-corrected chi connectivity index (χ4v) is 2.17. The van der Waals surface area contributed by atoms with Crippen molar-refractivity contribution in [1.82, 2.24) is 9.55 Å². The molecule has 1 aromatic heterocycles. The highest BCUT2D eigenvalue weighted by atomic mass is 19.3. The number of rotatable bonds is 2. The quantitative estimate of drug-likeness (QED) is 0.753. The van der Waals surface area contributed by atoms with Crippen LogP contribution in [0, 0.1) is 0 Å². The monoisotopic (exact) mass is 228 g/mol. The third kappa shape index (κ3) is 2.42. The van der Waals surface area contributed by atoms with Crippen molar-refractivity contribution in [3.63, 3.8) is 0 Å². The molecule has 1 aliphatic carbocycles. The zero-order chi connectivity index (χ0) is 11.8. The first-order valence-corrected chi connectivity index (χ1v) is 5.89. The summed E-state index contributed by atoms with van der Waals surface area (Å²) < 4.78 is 28.0. The standard InChI is InChI=1S/C12H18F2N2/c1-9(2)11-7-16(8-15-11)10-3-5-12(13,14)6-4-10/h7-10H,3-6H2,1-2H3. The van der Waals surface area contributed by atoms with Crippen molar-refractivity contribution in [1.29, 1.82) is 0 Å². The Morgan fingerprint density at radius 3 is 2.50 bits per heavy atom. The fourth-order valence-electron chi connectivity index (χ4n) is 2.17. The first kappa shape index (κ1) is 11.6. The van der Waals surface area contributed by atoms with Gasteiger partial charge in [-0.1, -0.05) is 13.8 Å². The molecule has 2 rings (SSSR count). The largest absolute Gasteiger partial charge is 0.334 e. The molecule has 2 nitrogen and oxygen atoms in total. The van der Waals surface area contributed by atoms with Crippen molar-refractivity contribution < 1.29 is 8.78 Å². The molecule has 0 bridgehead atoms. The Morgan fingerprint density at radius 1 is 1.38 bits per heavy atom.